The van der Waals surface area contributed by atoms with Gasteiger partial charge in [-0.2, -0.15) is 0 Å². The molecular formula is C30H40O7. The molecule has 0 saturated carbocycles. The molecule has 7 nitrogen and oxygen atoms in total. The van der Waals surface area contributed by atoms with E-state index in [1.807, 2.05) is 19.9 Å². The zero-order valence-corrected chi connectivity index (χ0v) is 22.8. The minimum absolute atomic E-state index is 0.113. The summed E-state index contributed by atoms with van der Waals surface area (Å²) in [6.07, 6.45) is 13.6. The van der Waals surface area contributed by atoms with Gasteiger partial charge in [0.15, 0.2) is 0 Å². The third-order valence-electron chi connectivity index (χ3n) is 7.71. The van der Waals surface area contributed by atoms with Crippen molar-refractivity contribution in [1.29, 1.82) is 0 Å². The van der Waals surface area contributed by atoms with Crippen molar-refractivity contribution in [1.82, 2.24) is 0 Å². The van der Waals surface area contributed by atoms with E-state index >= 15 is 0 Å². The van der Waals surface area contributed by atoms with Crippen LogP contribution in [0.3, 0.4) is 0 Å². The summed E-state index contributed by atoms with van der Waals surface area (Å²) in [5, 5.41) is 30.6. The Bertz CT molecular complexity index is 1090. The predicted molar refractivity (Wildman–Crippen MR) is 142 cm³/mol. The van der Waals surface area contributed by atoms with E-state index in [-0.39, 0.29) is 11.7 Å². The van der Waals surface area contributed by atoms with Crippen LogP contribution < -0.4 is 0 Å². The van der Waals surface area contributed by atoms with Crippen LogP contribution in [0.15, 0.2) is 71.4 Å². The van der Waals surface area contributed by atoms with Crippen LogP contribution in [-0.4, -0.2) is 50.9 Å². The van der Waals surface area contributed by atoms with Gasteiger partial charge in [0.2, 0.25) is 0 Å². The van der Waals surface area contributed by atoms with Crippen molar-refractivity contribution < 1.29 is 34.4 Å². The molecule has 2 rings (SSSR count). The van der Waals surface area contributed by atoms with Gasteiger partial charge in [-0.3, -0.25) is 9.59 Å². The number of Topliss-reactive ketones (excluding diaryl/α,β-unsaturated/α-hetero) is 1. The maximum absolute atomic E-state index is 13.2. The smallest absolute Gasteiger partial charge is 0.328 e. The summed E-state index contributed by atoms with van der Waals surface area (Å²) in [5.74, 6) is -3.03. The number of aliphatic hydroxyl groups is 2. The lowest BCUT2D eigenvalue weighted by Crippen LogP contribution is -2.59. The molecule has 0 spiro atoms. The number of aliphatic carboxylic acids is 1. The molecule has 202 valence electrons. The zero-order valence-electron chi connectivity index (χ0n) is 22.8. The maximum Gasteiger partial charge on any atom is 0.328 e. The summed E-state index contributed by atoms with van der Waals surface area (Å²) in [7, 11) is 0. The SMILES string of the molecule is CC(=O)C1(C)C2C(=CC(C)CC2OC(=O)C(C)C(O)C(C)=CC=CC(C)=CC=CC(=O)O)C=CC1(C)O. The second kappa shape index (κ2) is 12.0. The summed E-state index contributed by atoms with van der Waals surface area (Å²) < 4.78 is 5.96. The second-order valence-electron chi connectivity index (χ2n) is 10.7. The molecule has 2 aliphatic rings. The summed E-state index contributed by atoms with van der Waals surface area (Å²) in [6.45, 7) is 11.9. The molecule has 7 unspecified atom stereocenters. The van der Waals surface area contributed by atoms with Gasteiger partial charge in [0.25, 0.3) is 0 Å². The first-order valence-electron chi connectivity index (χ1n) is 12.6. The Kier molecular flexibility index (Phi) is 9.80. The largest absolute Gasteiger partial charge is 0.478 e. The molecule has 3 N–H and O–H groups in total. The van der Waals surface area contributed by atoms with Crippen LogP contribution >= 0.6 is 0 Å². The minimum Gasteiger partial charge on any atom is -0.478 e. The fourth-order valence-corrected chi connectivity index (χ4v) is 5.09. The Morgan fingerprint density at radius 2 is 1.73 bits per heavy atom. The number of aliphatic hydroxyl groups excluding tert-OH is 1. The number of esters is 1. The number of ketones is 1. The van der Waals surface area contributed by atoms with Crippen LogP contribution in [0.25, 0.3) is 0 Å². The summed E-state index contributed by atoms with van der Waals surface area (Å²) in [4.78, 5) is 36.5. The molecule has 37 heavy (non-hydrogen) atoms. The lowest BCUT2D eigenvalue weighted by atomic mass is 9.54. The van der Waals surface area contributed by atoms with Gasteiger partial charge < -0.3 is 20.1 Å². The molecule has 7 heteroatoms. The molecule has 0 saturated heterocycles. The maximum atomic E-state index is 13.2. The van der Waals surface area contributed by atoms with E-state index in [4.69, 9.17) is 9.84 Å². The summed E-state index contributed by atoms with van der Waals surface area (Å²) >= 11 is 0. The van der Waals surface area contributed by atoms with Crippen LogP contribution in [-0.2, 0) is 19.1 Å². The third kappa shape index (κ3) is 6.84. The van der Waals surface area contributed by atoms with Gasteiger partial charge in [-0.15, -0.1) is 0 Å². The van der Waals surface area contributed by atoms with Crippen LogP contribution in [0, 0.1) is 23.2 Å². The van der Waals surface area contributed by atoms with Gasteiger partial charge in [0.05, 0.1) is 23.0 Å². The fraction of sp³-hybridized carbons (Fsp3) is 0.500. The van der Waals surface area contributed by atoms with E-state index in [0.29, 0.717) is 12.0 Å². The molecule has 0 aromatic heterocycles. The molecular weight excluding hydrogens is 472 g/mol. The van der Waals surface area contributed by atoms with Gasteiger partial charge in [0.1, 0.15) is 11.9 Å². The number of carboxylic acid groups (broad SMARTS) is 1. The normalized spacial score (nSPS) is 32.1. The quantitative estimate of drug-likeness (QED) is 0.237. The number of fused-ring (bicyclic) bond motifs is 1. The van der Waals surface area contributed by atoms with Crippen LogP contribution in [0.5, 0.6) is 0 Å². The first-order valence-corrected chi connectivity index (χ1v) is 12.6. The van der Waals surface area contributed by atoms with E-state index in [9.17, 15) is 24.6 Å². The number of allylic oxidation sites excluding steroid dienone is 8. The van der Waals surface area contributed by atoms with Gasteiger partial charge >= 0.3 is 11.9 Å². The van der Waals surface area contributed by atoms with Crippen molar-refractivity contribution in [2.45, 2.75) is 72.7 Å². The monoisotopic (exact) mass is 512 g/mol. The number of carbonyl (C=O) groups is 3. The molecule has 0 aromatic rings. The Morgan fingerprint density at radius 1 is 1.11 bits per heavy atom. The van der Waals surface area contributed by atoms with E-state index in [0.717, 1.165) is 17.2 Å². The molecule has 0 fully saturated rings. The minimum atomic E-state index is -1.40. The highest BCUT2D eigenvalue weighted by Crippen LogP contribution is 2.52. The van der Waals surface area contributed by atoms with Crippen LogP contribution in [0.2, 0.25) is 0 Å². The second-order valence-corrected chi connectivity index (χ2v) is 10.7. The Labute approximate surface area is 219 Å². The molecule has 0 aromatic carbocycles. The van der Waals surface area contributed by atoms with Crippen molar-refractivity contribution in [3.05, 3.63) is 71.4 Å². The van der Waals surface area contributed by atoms with Gasteiger partial charge in [-0.1, -0.05) is 61.1 Å². The molecule has 0 heterocycles. The summed E-state index contributed by atoms with van der Waals surface area (Å²) in [5.41, 5.74) is -0.337. The highest BCUT2D eigenvalue weighted by molar-refractivity contribution is 5.85. The van der Waals surface area contributed by atoms with Crippen LogP contribution in [0.1, 0.15) is 54.9 Å². The number of carboxylic acids is 1. The van der Waals surface area contributed by atoms with Crippen molar-refractivity contribution >= 4 is 17.7 Å². The highest BCUT2D eigenvalue weighted by Gasteiger charge is 2.58. The average molecular weight is 513 g/mol. The van der Waals surface area contributed by atoms with E-state index < -0.39 is 47.0 Å². The number of hydrogen-bond donors (Lipinski definition) is 3. The topological polar surface area (TPSA) is 121 Å². The van der Waals surface area contributed by atoms with E-state index in [1.54, 1.807) is 58.1 Å². The number of rotatable bonds is 9. The van der Waals surface area contributed by atoms with Gasteiger partial charge in [-0.25, -0.2) is 4.79 Å². The predicted octanol–water partition coefficient (Wildman–Crippen LogP) is 4.48. The lowest BCUT2D eigenvalue weighted by Gasteiger charge is -2.52. The van der Waals surface area contributed by atoms with E-state index in [1.165, 1.54) is 13.0 Å². The lowest BCUT2D eigenvalue weighted by molar-refractivity contribution is -0.172. The van der Waals surface area contributed by atoms with Crippen molar-refractivity contribution in [2.75, 3.05) is 0 Å². The zero-order chi connectivity index (χ0) is 28.1. The number of carbonyl (C=O) groups excluding carboxylic acids is 2. The molecule has 7 atom stereocenters. The Morgan fingerprint density at radius 3 is 2.32 bits per heavy atom. The number of ether oxygens (including phenoxy) is 1. The van der Waals surface area contributed by atoms with Crippen LogP contribution in [0.4, 0.5) is 0 Å². The Balaban J connectivity index is 2.19. The number of hydrogen-bond acceptors (Lipinski definition) is 6. The molecule has 0 radical (unpaired) electrons. The summed E-state index contributed by atoms with van der Waals surface area (Å²) in [6, 6.07) is 0. The highest BCUT2D eigenvalue weighted by atomic mass is 16.5. The van der Waals surface area contributed by atoms with Gasteiger partial charge in [-0.05, 0) is 65.0 Å². The molecule has 0 amide bonds. The Hall–Kier alpha value is -3.03. The molecule has 0 bridgehead atoms. The van der Waals surface area contributed by atoms with Crippen molar-refractivity contribution in [3.8, 4) is 0 Å². The van der Waals surface area contributed by atoms with Crippen molar-refractivity contribution in [3.63, 3.8) is 0 Å². The fourth-order valence-electron chi connectivity index (χ4n) is 5.09. The molecule has 0 aliphatic heterocycles. The van der Waals surface area contributed by atoms with Gasteiger partial charge in [0, 0.05) is 12.0 Å². The standard InChI is InChI=1S/C30H40O7/c1-18(11-9-13-25(32)33)10-8-12-20(3)27(34)21(4)28(35)37-24-17-19(2)16-23-14-15-29(6,36)30(7,22(5)31)26(23)24/h8-16,19,21,24,26-27,34,36H,17H2,1-7H3,(H,32,33). The van der Waals surface area contributed by atoms with Crippen molar-refractivity contribution in [2.24, 2.45) is 23.2 Å². The molecule has 2 aliphatic carbocycles. The average Bonchev–Trinajstić information content (AvgIpc) is 2.79. The third-order valence-corrected chi connectivity index (χ3v) is 7.71. The first kappa shape index (κ1) is 30.2. The first-order chi connectivity index (χ1) is 17.1. The van der Waals surface area contributed by atoms with E-state index in [2.05, 4.69) is 6.08 Å².